The number of aryl methyl sites for hydroxylation is 1. The molecule has 0 saturated carbocycles. The van der Waals surface area contributed by atoms with Crippen molar-refractivity contribution < 1.29 is 9.53 Å². The van der Waals surface area contributed by atoms with Crippen LogP contribution in [0.15, 0.2) is 12.4 Å². The third kappa shape index (κ3) is 4.04. The van der Waals surface area contributed by atoms with Gasteiger partial charge in [-0.2, -0.15) is 0 Å². The molecule has 0 spiro atoms. The lowest BCUT2D eigenvalue weighted by Gasteiger charge is -2.07. The minimum absolute atomic E-state index is 0.177. The predicted octanol–water partition coefficient (Wildman–Crippen LogP) is 2.18. The Labute approximate surface area is 96.6 Å². The fourth-order valence-electron chi connectivity index (χ4n) is 1.45. The lowest BCUT2D eigenvalue weighted by atomic mass is 10.3. The number of rotatable bonds is 7. The SMILES string of the molecule is CCCCOC(=O)Cn1ccnc1CCC. The summed E-state index contributed by atoms with van der Waals surface area (Å²) in [5.74, 6) is 0.777. The fourth-order valence-corrected chi connectivity index (χ4v) is 1.45. The van der Waals surface area contributed by atoms with Crippen molar-refractivity contribution in [1.29, 1.82) is 0 Å². The molecule has 0 amide bonds. The van der Waals surface area contributed by atoms with Crippen LogP contribution in [-0.4, -0.2) is 22.1 Å². The molecule has 0 atom stereocenters. The van der Waals surface area contributed by atoms with Gasteiger partial charge in [0, 0.05) is 18.8 Å². The highest BCUT2D eigenvalue weighted by molar-refractivity contribution is 5.69. The van der Waals surface area contributed by atoms with Crippen molar-refractivity contribution in [1.82, 2.24) is 9.55 Å². The molecule has 0 N–H and O–H groups in total. The Morgan fingerprint density at radius 3 is 2.94 bits per heavy atom. The van der Waals surface area contributed by atoms with Crippen LogP contribution in [0.25, 0.3) is 0 Å². The van der Waals surface area contributed by atoms with Gasteiger partial charge in [-0.05, 0) is 12.8 Å². The smallest absolute Gasteiger partial charge is 0.325 e. The van der Waals surface area contributed by atoms with Gasteiger partial charge < -0.3 is 9.30 Å². The topological polar surface area (TPSA) is 44.1 Å². The molecule has 1 rings (SSSR count). The highest BCUT2D eigenvalue weighted by Crippen LogP contribution is 2.02. The first-order valence-electron chi connectivity index (χ1n) is 5.93. The van der Waals surface area contributed by atoms with Crippen molar-refractivity contribution in [3.05, 3.63) is 18.2 Å². The molecule has 1 aromatic heterocycles. The maximum atomic E-state index is 11.5. The summed E-state index contributed by atoms with van der Waals surface area (Å²) in [4.78, 5) is 15.7. The minimum Gasteiger partial charge on any atom is -0.464 e. The minimum atomic E-state index is -0.177. The Morgan fingerprint density at radius 1 is 1.44 bits per heavy atom. The van der Waals surface area contributed by atoms with E-state index in [0.29, 0.717) is 6.61 Å². The van der Waals surface area contributed by atoms with Crippen molar-refractivity contribution in [3.8, 4) is 0 Å². The van der Waals surface area contributed by atoms with Gasteiger partial charge in [0.1, 0.15) is 12.4 Å². The van der Waals surface area contributed by atoms with E-state index < -0.39 is 0 Å². The van der Waals surface area contributed by atoms with Crippen LogP contribution < -0.4 is 0 Å². The normalized spacial score (nSPS) is 10.4. The fraction of sp³-hybridized carbons (Fsp3) is 0.667. The third-order valence-electron chi connectivity index (χ3n) is 2.34. The molecule has 4 nitrogen and oxygen atoms in total. The van der Waals surface area contributed by atoms with Gasteiger partial charge in [-0.1, -0.05) is 20.3 Å². The number of esters is 1. The molecular formula is C12H20N2O2. The predicted molar refractivity (Wildman–Crippen MR) is 62.1 cm³/mol. The van der Waals surface area contributed by atoms with Crippen molar-refractivity contribution in [2.24, 2.45) is 0 Å². The average molecular weight is 224 g/mol. The van der Waals surface area contributed by atoms with E-state index in [-0.39, 0.29) is 12.5 Å². The summed E-state index contributed by atoms with van der Waals surface area (Å²) in [6, 6.07) is 0. The Morgan fingerprint density at radius 2 is 2.25 bits per heavy atom. The summed E-state index contributed by atoms with van der Waals surface area (Å²) in [6.45, 7) is 4.97. The zero-order valence-corrected chi connectivity index (χ0v) is 10.1. The molecule has 0 unspecified atom stereocenters. The van der Waals surface area contributed by atoms with Gasteiger partial charge >= 0.3 is 5.97 Å². The van der Waals surface area contributed by atoms with Gasteiger partial charge in [-0.25, -0.2) is 4.98 Å². The third-order valence-corrected chi connectivity index (χ3v) is 2.34. The maximum absolute atomic E-state index is 11.5. The summed E-state index contributed by atoms with van der Waals surface area (Å²) in [5, 5.41) is 0. The Bertz CT molecular complexity index is 321. The van der Waals surface area contributed by atoms with Crippen LogP contribution in [0.3, 0.4) is 0 Å². The molecular weight excluding hydrogens is 204 g/mol. The molecule has 0 bridgehead atoms. The van der Waals surface area contributed by atoms with E-state index >= 15 is 0 Å². The summed E-state index contributed by atoms with van der Waals surface area (Å²) in [7, 11) is 0. The summed E-state index contributed by atoms with van der Waals surface area (Å²) >= 11 is 0. The van der Waals surface area contributed by atoms with E-state index in [4.69, 9.17) is 4.74 Å². The lowest BCUT2D eigenvalue weighted by molar-refractivity contribution is -0.144. The highest BCUT2D eigenvalue weighted by atomic mass is 16.5. The van der Waals surface area contributed by atoms with E-state index in [2.05, 4.69) is 18.8 Å². The molecule has 0 aliphatic carbocycles. The van der Waals surface area contributed by atoms with Crippen LogP contribution in [-0.2, 0) is 22.5 Å². The number of ether oxygens (including phenoxy) is 1. The zero-order chi connectivity index (χ0) is 11.8. The van der Waals surface area contributed by atoms with Crippen LogP contribution in [0, 0.1) is 0 Å². The first-order chi connectivity index (χ1) is 7.77. The monoisotopic (exact) mass is 224 g/mol. The molecule has 90 valence electrons. The van der Waals surface area contributed by atoms with Crippen LogP contribution in [0.1, 0.15) is 38.9 Å². The first kappa shape index (κ1) is 12.7. The molecule has 0 radical (unpaired) electrons. The van der Waals surface area contributed by atoms with Gasteiger partial charge in [0.05, 0.1) is 6.61 Å². The van der Waals surface area contributed by atoms with Crippen molar-refractivity contribution >= 4 is 5.97 Å². The van der Waals surface area contributed by atoms with E-state index in [0.717, 1.165) is 31.5 Å². The van der Waals surface area contributed by atoms with E-state index in [9.17, 15) is 4.79 Å². The van der Waals surface area contributed by atoms with Crippen molar-refractivity contribution in [2.45, 2.75) is 46.1 Å². The molecule has 1 aromatic rings. The molecule has 1 heterocycles. The van der Waals surface area contributed by atoms with Gasteiger partial charge in [0.25, 0.3) is 0 Å². The maximum Gasteiger partial charge on any atom is 0.325 e. The van der Waals surface area contributed by atoms with Crippen LogP contribution in [0.4, 0.5) is 0 Å². The van der Waals surface area contributed by atoms with Crippen LogP contribution >= 0.6 is 0 Å². The second kappa shape index (κ2) is 7.04. The Kier molecular flexibility index (Phi) is 5.61. The molecule has 0 aliphatic rings. The highest BCUT2D eigenvalue weighted by Gasteiger charge is 2.07. The molecule has 0 aromatic carbocycles. The quantitative estimate of drug-likeness (QED) is 0.526. The summed E-state index contributed by atoms with van der Waals surface area (Å²) in [5.41, 5.74) is 0. The van der Waals surface area contributed by atoms with Crippen molar-refractivity contribution in [3.63, 3.8) is 0 Å². The summed E-state index contributed by atoms with van der Waals surface area (Å²) in [6.07, 6.45) is 7.45. The second-order valence-corrected chi connectivity index (χ2v) is 3.80. The average Bonchev–Trinajstić information content (AvgIpc) is 2.67. The van der Waals surface area contributed by atoms with E-state index in [1.54, 1.807) is 6.20 Å². The van der Waals surface area contributed by atoms with Gasteiger partial charge in [0.2, 0.25) is 0 Å². The van der Waals surface area contributed by atoms with Gasteiger partial charge in [-0.3, -0.25) is 4.79 Å². The van der Waals surface area contributed by atoms with Crippen molar-refractivity contribution in [2.75, 3.05) is 6.61 Å². The second-order valence-electron chi connectivity index (χ2n) is 3.80. The van der Waals surface area contributed by atoms with Crippen LogP contribution in [0.5, 0.6) is 0 Å². The standard InChI is InChI=1S/C12H20N2O2/c1-3-5-9-16-12(15)10-14-8-7-13-11(14)6-4-2/h7-8H,3-6,9-10H2,1-2H3. The molecule has 0 saturated heterocycles. The molecule has 4 heteroatoms. The number of hydrogen-bond donors (Lipinski definition) is 0. The number of carbonyl (C=O) groups is 1. The number of nitrogens with zero attached hydrogens (tertiary/aromatic N) is 2. The number of imidazole rings is 1. The molecule has 16 heavy (non-hydrogen) atoms. The number of unbranched alkanes of at least 4 members (excludes halogenated alkanes) is 1. The van der Waals surface area contributed by atoms with Gasteiger partial charge in [0.15, 0.2) is 0 Å². The largest absolute Gasteiger partial charge is 0.464 e. The van der Waals surface area contributed by atoms with Gasteiger partial charge in [-0.15, -0.1) is 0 Å². The molecule has 0 fully saturated rings. The molecule has 0 aliphatic heterocycles. The lowest BCUT2D eigenvalue weighted by Crippen LogP contribution is -2.15. The number of carbonyl (C=O) groups excluding carboxylic acids is 1. The Hall–Kier alpha value is -1.32. The number of hydrogen-bond acceptors (Lipinski definition) is 3. The van der Waals surface area contributed by atoms with E-state index in [1.165, 1.54) is 0 Å². The Balaban J connectivity index is 2.39. The van der Waals surface area contributed by atoms with E-state index in [1.807, 2.05) is 10.8 Å². The van der Waals surface area contributed by atoms with Crippen LogP contribution in [0.2, 0.25) is 0 Å². The zero-order valence-electron chi connectivity index (χ0n) is 10.1. The summed E-state index contributed by atoms with van der Waals surface area (Å²) < 4.78 is 6.96. The number of aromatic nitrogens is 2. The first-order valence-corrected chi connectivity index (χ1v) is 5.93.